The highest BCUT2D eigenvalue weighted by Crippen LogP contribution is 2.23. The number of aromatic nitrogens is 2. The van der Waals surface area contributed by atoms with E-state index in [1.54, 1.807) is 18.1 Å². The first-order valence-corrected chi connectivity index (χ1v) is 8.00. The SMILES string of the molecule is CC.Cc1nc(-c2cccc(SNC(C)C)c2)cnc1N. The molecule has 4 nitrogen and oxygen atoms in total. The number of hydrogen-bond acceptors (Lipinski definition) is 5. The summed E-state index contributed by atoms with van der Waals surface area (Å²) < 4.78 is 3.32. The third kappa shape index (κ3) is 5.36. The second kappa shape index (κ2) is 8.64. The predicted molar refractivity (Wildman–Crippen MR) is 92.1 cm³/mol. The van der Waals surface area contributed by atoms with Crippen molar-refractivity contribution >= 4 is 17.8 Å². The maximum Gasteiger partial charge on any atom is 0.144 e. The molecule has 114 valence electrons. The molecule has 3 N–H and O–H groups in total. The Bertz CT molecular complexity index is 570. The maximum atomic E-state index is 5.69. The van der Waals surface area contributed by atoms with Crippen molar-refractivity contribution in [2.24, 2.45) is 0 Å². The molecule has 0 saturated heterocycles. The van der Waals surface area contributed by atoms with Gasteiger partial charge in [0.1, 0.15) is 5.82 Å². The molecule has 1 aromatic heterocycles. The van der Waals surface area contributed by atoms with E-state index >= 15 is 0 Å². The highest BCUT2D eigenvalue weighted by atomic mass is 32.2. The minimum absolute atomic E-state index is 0.437. The molecule has 0 aliphatic carbocycles. The summed E-state index contributed by atoms with van der Waals surface area (Å²) in [6.45, 7) is 10.1. The van der Waals surface area contributed by atoms with Crippen molar-refractivity contribution < 1.29 is 0 Å². The van der Waals surface area contributed by atoms with E-state index in [0.717, 1.165) is 21.8 Å². The molecule has 0 atom stereocenters. The van der Waals surface area contributed by atoms with Gasteiger partial charge in [-0.15, -0.1) is 0 Å². The molecule has 0 spiro atoms. The molecule has 2 rings (SSSR count). The van der Waals surface area contributed by atoms with Crippen LogP contribution in [0.4, 0.5) is 5.82 Å². The van der Waals surface area contributed by atoms with Gasteiger partial charge in [-0.05, 0) is 44.9 Å². The number of benzene rings is 1. The normalized spacial score (nSPS) is 10.2. The summed E-state index contributed by atoms with van der Waals surface area (Å²) in [5.41, 5.74) is 8.34. The number of hydrogen-bond donors (Lipinski definition) is 2. The third-order valence-corrected chi connectivity index (χ3v) is 3.61. The number of anilines is 1. The number of aryl methyl sites for hydroxylation is 1. The van der Waals surface area contributed by atoms with Crippen molar-refractivity contribution in [3.05, 3.63) is 36.2 Å². The van der Waals surface area contributed by atoms with Gasteiger partial charge >= 0.3 is 0 Å². The van der Waals surface area contributed by atoms with Crippen LogP contribution in [0.15, 0.2) is 35.4 Å². The molecule has 0 unspecified atom stereocenters. The lowest BCUT2D eigenvalue weighted by atomic mass is 10.1. The van der Waals surface area contributed by atoms with Gasteiger partial charge in [0.05, 0.1) is 17.6 Å². The van der Waals surface area contributed by atoms with Gasteiger partial charge < -0.3 is 5.73 Å². The fraction of sp³-hybridized carbons (Fsp3) is 0.375. The van der Waals surface area contributed by atoms with Gasteiger partial charge in [0, 0.05) is 16.5 Å². The molecule has 0 radical (unpaired) electrons. The van der Waals surface area contributed by atoms with E-state index in [1.807, 2.05) is 32.9 Å². The summed E-state index contributed by atoms with van der Waals surface area (Å²) in [6, 6.07) is 8.65. The van der Waals surface area contributed by atoms with Gasteiger partial charge in [0.15, 0.2) is 0 Å². The zero-order chi connectivity index (χ0) is 15.8. The Kier molecular flexibility index (Phi) is 7.19. The standard InChI is InChI=1S/C14H18N4S.C2H6/c1-9(2)18-19-12-6-4-5-11(7-12)13-8-16-14(15)10(3)17-13;1-2/h4-9,18H,1-3H3,(H2,15,16);1-2H3. The zero-order valence-electron chi connectivity index (χ0n) is 13.3. The van der Waals surface area contributed by atoms with Gasteiger partial charge in [0.2, 0.25) is 0 Å². The van der Waals surface area contributed by atoms with E-state index < -0.39 is 0 Å². The highest BCUT2D eigenvalue weighted by molar-refractivity contribution is 7.97. The Morgan fingerprint density at radius 1 is 1.24 bits per heavy atom. The minimum Gasteiger partial charge on any atom is -0.382 e. The van der Waals surface area contributed by atoms with Crippen molar-refractivity contribution in [1.29, 1.82) is 0 Å². The minimum atomic E-state index is 0.437. The van der Waals surface area contributed by atoms with Crippen molar-refractivity contribution in [3.8, 4) is 11.3 Å². The molecule has 1 heterocycles. The first-order chi connectivity index (χ1) is 10.1. The van der Waals surface area contributed by atoms with Crippen molar-refractivity contribution in [3.63, 3.8) is 0 Å². The van der Waals surface area contributed by atoms with Crippen LogP contribution in [0.2, 0.25) is 0 Å². The van der Waals surface area contributed by atoms with Crippen LogP contribution in [0.25, 0.3) is 11.3 Å². The van der Waals surface area contributed by atoms with Crippen molar-refractivity contribution in [2.45, 2.75) is 45.6 Å². The highest BCUT2D eigenvalue weighted by Gasteiger charge is 2.04. The lowest BCUT2D eigenvalue weighted by molar-refractivity contribution is 0.771. The number of nitrogen functional groups attached to an aromatic ring is 1. The Morgan fingerprint density at radius 2 is 1.95 bits per heavy atom. The Hall–Kier alpha value is -1.59. The van der Waals surface area contributed by atoms with Crippen LogP contribution in [0.1, 0.15) is 33.4 Å². The van der Waals surface area contributed by atoms with Gasteiger partial charge in [-0.1, -0.05) is 26.0 Å². The van der Waals surface area contributed by atoms with E-state index in [2.05, 4.69) is 40.7 Å². The Morgan fingerprint density at radius 3 is 2.57 bits per heavy atom. The second-order valence-electron chi connectivity index (χ2n) is 4.63. The molecule has 0 amide bonds. The molecule has 5 heteroatoms. The van der Waals surface area contributed by atoms with Crippen LogP contribution in [0, 0.1) is 6.92 Å². The predicted octanol–water partition coefficient (Wildman–Crippen LogP) is 4.07. The topological polar surface area (TPSA) is 63.8 Å². The average molecular weight is 304 g/mol. The van der Waals surface area contributed by atoms with E-state index in [-0.39, 0.29) is 0 Å². The monoisotopic (exact) mass is 304 g/mol. The second-order valence-corrected chi connectivity index (χ2v) is 5.54. The number of rotatable bonds is 4. The molecular weight excluding hydrogens is 280 g/mol. The van der Waals surface area contributed by atoms with Crippen LogP contribution in [-0.2, 0) is 0 Å². The van der Waals surface area contributed by atoms with Crippen LogP contribution in [0.3, 0.4) is 0 Å². The molecule has 0 aliphatic rings. The quantitative estimate of drug-likeness (QED) is 0.834. The molecule has 21 heavy (non-hydrogen) atoms. The fourth-order valence-electron chi connectivity index (χ4n) is 1.53. The zero-order valence-corrected chi connectivity index (χ0v) is 14.2. The Labute approximate surface area is 131 Å². The summed E-state index contributed by atoms with van der Waals surface area (Å²) in [6.07, 6.45) is 1.71. The average Bonchev–Trinajstić information content (AvgIpc) is 2.50. The van der Waals surface area contributed by atoms with Crippen LogP contribution in [-0.4, -0.2) is 16.0 Å². The van der Waals surface area contributed by atoms with Crippen LogP contribution < -0.4 is 10.5 Å². The summed E-state index contributed by atoms with van der Waals surface area (Å²) >= 11 is 1.62. The molecule has 0 aliphatic heterocycles. The molecule has 2 aromatic rings. The van der Waals surface area contributed by atoms with Crippen LogP contribution in [0.5, 0.6) is 0 Å². The Balaban J connectivity index is 0.00000106. The summed E-state index contributed by atoms with van der Waals surface area (Å²) in [7, 11) is 0. The molecular formula is C16H24N4S. The van der Waals surface area contributed by atoms with Crippen molar-refractivity contribution in [1.82, 2.24) is 14.7 Å². The molecule has 0 bridgehead atoms. The maximum absolute atomic E-state index is 5.69. The van der Waals surface area contributed by atoms with Crippen LogP contribution >= 0.6 is 11.9 Å². The number of nitrogens with zero attached hydrogens (tertiary/aromatic N) is 2. The van der Waals surface area contributed by atoms with Gasteiger partial charge in [0.25, 0.3) is 0 Å². The molecule has 0 saturated carbocycles. The smallest absolute Gasteiger partial charge is 0.144 e. The van der Waals surface area contributed by atoms with Crippen molar-refractivity contribution in [2.75, 3.05) is 5.73 Å². The lowest BCUT2D eigenvalue weighted by Gasteiger charge is -2.09. The van der Waals surface area contributed by atoms with Gasteiger partial charge in [-0.3, -0.25) is 4.72 Å². The fourth-order valence-corrected chi connectivity index (χ4v) is 2.24. The first-order valence-electron chi connectivity index (χ1n) is 7.18. The van der Waals surface area contributed by atoms with Gasteiger partial charge in [-0.2, -0.15) is 0 Å². The van der Waals surface area contributed by atoms with E-state index in [0.29, 0.717) is 11.9 Å². The summed E-state index contributed by atoms with van der Waals surface area (Å²) in [4.78, 5) is 9.77. The third-order valence-electron chi connectivity index (χ3n) is 2.53. The number of nitrogens with one attached hydrogen (secondary N) is 1. The number of nitrogens with two attached hydrogens (primary N) is 1. The van der Waals surface area contributed by atoms with Gasteiger partial charge in [-0.25, -0.2) is 9.97 Å². The first kappa shape index (κ1) is 17.5. The van der Waals surface area contributed by atoms with E-state index in [4.69, 9.17) is 5.73 Å². The summed E-state index contributed by atoms with van der Waals surface area (Å²) in [5.74, 6) is 0.482. The van der Waals surface area contributed by atoms with E-state index in [9.17, 15) is 0 Å². The lowest BCUT2D eigenvalue weighted by Crippen LogP contribution is -2.13. The molecule has 1 aromatic carbocycles. The molecule has 0 fully saturated rings. The summed E-state index contributed by atoms with van der Waals surface area (Å²) in [5, 5.41) is 0. The largest absolute Gasteiger partial charge is 0.382 e. The van der Waals surface area contributed by atoms with E-state index in [1.165, 1.54) is 0 Å².